The first-order chi connectivity index (χ1) is 9.90. The Morgan fingerprint density at radius 1 is 1.33 bits per heavy atom. The Labute approximate surface area is 129 Å². The molecule has 0 fully saturated rings. The third-order valence-electron chi connectivity index (χ3n) is 3.19. The summed E-state index contributed by atoms with van der Waals surface area (Å²) in [5.74, 6) is -1.38. The predicted octanol–water partition coefficient (Wildman–Crippen LogP) is 3.11. The molecule has 2 N–H and O–H groups in total. The van der Waals surface area contributed by atoms with Gasteiger partial charge < -0.3 is 15.2 Å². The Hall–Kier alpha value is -1.75. The summed E-state index contributed by atoms with van der Waals surface area (Å²) in [5, 5.41) is 12.1. The van der Waals surface area contributed by atoms with E-state index in [1.54, 1.807) is 13.0 Å². The zero-order chi connectivity index (χ0) is 16.0. The topological polar surface area (TPSA) is 75.6 Å². The second-order valence-electron chi connectivity index (χ2n) is 4.70. The third-order valence-corrected chi connectivity index (χ3v) is 3.51. The predicted molar refractivity (Wildman–Crippen MR) is 81.0 cm³/mol. The Morgan fingerprint density at radius 2 is 1.95 bits per heavy atom. The van der Waals surface area contributed by atoms with Crippen LogP contribution in [0.4, 0.5) is 0 Å². The molecule has 5 nitrogen and oxygen atoms in total. The van der Waals surface area contributed by atoms with Crippen LogP contribution in [0.2, 0.25) is 5.02 Å². The zero-order valence-electron chi connectivity index (χ0n) is 12.4. The smallest absolute Gasteiger partial charge is 0.341 e. The Balaban J connectivity index is 2.84. The maximum Gasteiger partial charge on any atom is 0.341 e. The van der Waals surface area contributed by atoms with E-state index in [0.717, 1.165) is 12.8 Å². The number of ether oxygens (including phenoxy) is 1. The molecule has 116 valence electrons. The summed E-state index contributed by atoms with van der Waals surface area (Å²) >= 11 is 5.86. The molecular weight excluding hydrogens is 294 g/mol. The van der Waals surface area contributed by atoms with Gasteiger partial charge in [0.2, 0.25) is 0 Å². The van der Waals surface area contributed by atoms with Gasteiger partial charge in [-0.05, 0) is 31.9 Å². The van der Waals surface area contributed by atoms with Crippen LogP contribution in [-0.4, -0.2) is 29.1 Å². The Morgan fingerprint density at radius 3 is 2.48 bits per heavy atom. The van der Waals surface area contributed by atoms with Gasteiger partial charge in [-0.2, -0.15) is 0 Å². The standard InChI is InChI=1S/C15H20ClNO4/c1-4-10(5-2)17-14(18)9(3)21-12-8-6-7-11(16)13(12)15(19)20/h6-10H,4-5H2,1-3H3,(H,17,18)(H,19,20). The van der Waals surface area contributed by atoms with Gasteiger partial charge in [0.25, 0.3) is 5.91 Å². The molecule has 1 atom stereocenters. The minimum atomic E-state index is -1.19. The highest BCUT2D eigenvalue weighted by atomic mass is 35.5. The second-order valence-corrected chi connectivity index (χ2v) is 5.11. The molecule has 1 amide bonds. The highest BCUT2D eigenvalue weighted by Crippen LogP contribution is 2.27. The molecule has 1 unspecified atom stereocenters. The number of halogens is 1. The van der Waals surface area contributed by atoms with Crippen LogP contribution in [0.3, 0.4) is 0 Å². The van der Waals surface area contributed by atoms with E-state index in [1.165, 1.54) is 12.1 Å². The van der Waals surface area contributed by atoms with Gasteiger partial charge in [0.15, 0.2) is 6.10 Å². The van der Waals surface area contributed by atoms with Crippen LogP contribution < -0.4 is 10.1 Å². The van der Waals surface area contributed by atoms with Gasteiger partial charge in [-0.1, -0.05) is 31.5 Å². The van der Waals surface area contributed by atoms with Gasteiger partial charge >= 0.3 is 5.97 Å². The number of benzene rings is 1. The molecule has 0 aromatic heterocycles. The Kier molecular flexibility index (Phi) is 6.49. The number of rotatable bonds is 7. The normalized spacial score (nSPS) is 12.0. The molecular formula is C15H20ClNO4. The molecule has 0 aliphatic carbocycles. The molecule has 6 heteroatoms. The van der Waals surface area contributed by atoms with Crippen molar-refractivity contribution in [2.75, 3.05) is 0 Å². The largest absolute Gasteiger partial charge is 0.480 e. The van der Waals surface area contributed by atoms with Crippen molar-refractivity contribution in [3.63, 3.8) is 0 Å². The first-order valence-corrected chi connectivity index (χ1v) is 7.27. The fourth-order valence-corrected chi connectivity index (χ4v) is 2.11. The maximum absolute atomic E-state index is 12.0. The quantitative estimate of drug-likeness (QED) is 0.811. The number of nitrogens with one attached hydrogen (secondary N) is 1. The van der Waals surface area contributed by atoms with E-state index in [-0.39, 0.29) is 28.3 Å². The van der Waals surface area contributed by atoms with Crippen molar-refractivity contribution in [3.8, 4) is 5.75 Å². The van der Waals surface area contributed by atoms with E-state index in [2.05, 4.69) is 5.32 Å². The lowest BCUT2D eigenvalue weighted by Gasteiger charge is -2.20. The van der Waals surface area contributed by atoms with E-state index in [9.17, 15) is 9.59 Å². The molecule has 1 aromatic rings. The number of hydrogen-bond acceptors (Lipinski definition) is 3. The molecule has 21 heavy (non-hydrogen) atoms. The molecule has 0 saturated heterocycles. The van der Waals surface area contributed by atoms with Crippen molar-refractivity contribution in [2.24, 2.45) is 0 Å². The lowest BCUT2D eigenvalue weighted by molar-refractivity contribution is -0.128. The average molecular weight is 314 g/mol. The van der Waals surface area contributed by atoms with E-state index in [0.29, 0.717) is 0 Å². The molecule has 0 heterocycles. The summed E-state index contributed by atoms with van der Waals surface area (Å²) in [5.41, 5.74) is -0.138. The van der Waals surface area contributed by atoms with E-state index >= 15 is 0 Å². The van der Waals surface area contributed by atoms with Crippen molar-refractivity contribution in [2.45, 2.75) is 45.8 Å². The van der Waals surface area contributed by atoms with E-state index in [4.69, 9.17) is 21.4 Å². The molecule has 0 saturated carbocycles. The lowest BCUT2D eigenvalue weighted by atomic mass is 10.1. The summed E-state index contributed by atoms with van der Waals surface area (Å²) in [6.07, 6.45) is 0.848. The minimum absolute atomic E-state index is 0.0765. The van der Waals surface area contributed by atoms with E-state index < -0.39 is 12.1 Å². The first-order valence-electron chi connectivity index (χ1n) is 6.89. The van der Waals surface area contributed by atoms with Crippen molar-refractivity contribution >= 4 is 23.5 Å². The number of carbonyl (C=O) groups is 2. The van der Waals surface area contributed by atoms with Gasteiger partial charge in [-0.3, -0.25) is 4.79 Å². The average Bonchev–Trinajstić information content (AvgIpc) is 2.43. The molecule has 0 spiro atoms. The zero-order valence-corrected chi connectivity index (χ0v) is 13.1. The molecule has 1 rings (SSSR count). The van der Waals surface area contributed by atoms with Crippen LogP contribution >= 0.6 is 11.6 Å². The maximum atomic E-state index is 12.0. The lowest BCUT2D eigenvalue weighted by Crippen LogP contribution is -2.42. The van der Waals surface area contributed by atoms with E-state index in [1.807, 2.05) is 13.8 Å². The summed E-state index contributed by atoms with van der Waals surface area (Å²) < 4.78 is 5.46. The first kappa shape index (κ1) is 17.3. The molecule has 0 bridgehead atoms. The molecule has 1 aromatic carbocycles. The van der Waals surface area contributed by atoms with Crippen molar-refractivity contribution < 1.29 is 19.4 Å². The van der Waals surface area contributed by atoms with Crippen molar-refractivity contribution in [3.05, 3.63) is 28.8 Å². The molecule has 0 aliphatic rings. The van der Waals surface area contributed by atoms with Gasteiger partial charge in [-0.25, -0.2) is 4.79 Å². The number of amides is 1. The van der Waals surface area contributed by atoms with Gasteiger partial charge in [-0.15, -0.1) is 0 Å². The summed E-state index contributed by atoms with van der Waals surface area (Å²) in [6.45, 7) is 5.54. The van der Waals surface area contributed by atoms with Gasteiger partial charge in [0, 0.05) is 6.04 Å². The van der Waals surface area contributed by atoms with Crippen LogP contribution in [0.1, 0.15) is 44.0 Å². The van der Waals surface area contributed by atoms with Crippen LogP contribution in [0.15, 0.2) is 18.2 Å². The SMILES string of the molecule is CCC(CC)NC(=O)C(C)Oc1cccc(Cl)c1C(=O)O. The van der Waals surface area contributed by atoms with Gasteiger partial charge in [0.1, 0.15) is 11.3 Å². The Bertz CT molecular complexity index is 514. The van der Waals surface area contributed by atoms with Crippen molar-refractivity contribution in [1.29, 1.82) is 0 Å². The fraction of sp³-hybridized carbons (Fsp3) is 0.467. The minimum Gasteiger partial charge on any atom is -0.480 e. The fourth-order valence-electron chi connectivity index (χ4n) is 1.87. The van der Waals surface area contributed by atoms with Crippen LogP contribution in [-0.2, 0) is 4.79 Å². The van der Waals surface area contributed by atoms with Crippen LogP contribution in [0.5, 0.6) is 5.75 Å². The number of carbonyl (C=O) groups excluding carboxylic acids is 1. The summed E-state index contributed by atoms with van der Waals surface area (Å²) in [4.78, 5) is 23.2. The monoisotopic (exact) mass is 313 g/mol. The number of aromatic carboxylic acids is 1. The van der Waals surface area contributed by atoms with Crippen LogP contribution in [0.25, 0.3) is 0 Å². The second kappa shape index (κ2) is 7.88. The summed E-state index contributed by atoms with van der Waals surface area (Å²) in [6, 6.07) is 4.61. The third kappa shape index (κ3) is 4.63. The molecule has 0 aliphatic heterocycles. The number of carboxylic acids is 1. The number of hydrogen-bond donors (Lipinski definition) is 2. The van der Waals surface area contributed by atoms with Gasteiger partial charge in [0.05, 0.1) is 5.02 Å². The molecule has 0 radical (unpaired) electrons. The highest BCUT2D eigenvalue weighted by molar-refractivity contribution is 6.33. The van der Waals surface area contributed by atoms with Crippen LogP contribution in [0, 0.1) is 0 Å². The van der Waals surface area contributed by atoms with Crippen molar-refractivity contribution in [1.82, 2.24) is 5.32 Å². The number of carboxylic acid groups (broad SMARTS) is 1. The summed E-state index contributed by atoms with van der Waals surface area (Å²) in [7, 11) is 0. The highest BCUT2D eigenvalue weighted by Gasteiger charge is 2.21.